The van der Waals surface area contributed by atoms with Crippen molar-refractivity contribution in [1.29, 1.82) is 0 Å². The molecule has 0 unspecified atom stereocenters. The van der Waals surface area contributed by atoms with Crippen molar-refractivity contribution in [2.75, 3.05) is 18.9 Å². The number of nitrogens with zero attached hydrogens (tertiary/aromatic N) is 1. The first kappa shape index (κ1) is 18.1. The topological polar surface area (TPSA) is 49.4 Å². The van der Waals surface area contributed by atoms with Crippen LogP contribution in [0.5, 0.6) is 0 Å². The van der Waals surface area contributed by atoms with E-state index < -0.39 is 0 Å². The van der Waals surface area contributed by atoms with Gasteiger partial charge in [0.1, 0.15) is 5.82 Å². The summed E-state index contributed by atoms with van der Waals surface area (Å²) in [5.74, 6) is -0.545. The summed E-state index contributed by atoms with van der Waals surface area (Å²) >= 11 is 0. The minimum Gasteiger partial charge on any atom is -0.336 e. The van der Waals surface area contributed by atoms with Crippen molar-refractivity contribution in [2.45, 2.75) is 26.2 Å². The summed E-state index contributed by atoms with van der Waals surface area (Å²) in [6, 6.07) is 12.1. The number of nitrogens with one attached hydrogen (secondary N) is 1. The lowest BCUT2D eigenvalue weighted by Crippen LogP contribution is -2.36. The lowest BCUT2D eigenvalue weighted by molar-refractivity contribution is -0.134. The van der Waals surface area contributed by atoms with Gasteiger partial charge in [-0.25, -0.2) is 4.39 Å². The molecule has 2 amide bonds. The van der Waals surface area contributed by atoms with Gasteiger partial charge in [0.05, 0.1) is 6.54 Å². The molecule has 0 radical (unpaired) electrons. The van der Waals surface area contributed by atoms with E-state index in [0.29, 0.717) is 0 Å². The normalized spacial score (nSPS) is 18.3. The molecule has 1 saturated carbocycles. The van der Waals surface area contributed by atoms with Gasteiger partial charge in [0, 0.05) is 18.7 Å². The average molecular weight is 354 g/mol. The monoisotopic (exact) mass is 354 g/mol. The van der Waals surface area contributed by atoms with Crippen LogP contribution in [0.15, 0.2) is 42.5 Å². The van der Waals surface area contributed by atoms with Crippen molar-refractivity contribution in [3.8, 4) is 0 Å². The highest BCUT2D eigenvalue weighted by molar-refractivity contribution is 5.96. The van der Waals surface area contributed by atoms with Gasteiger partial charge in [-0.15, -0.1) is 0 Å². The van der Waals surface area contributed by atoms with Crippen LogP contribution in [-0.4, -0.2) is 30.3 Å². The van der Waals surface area contributed by atoms with E-state index in [-0.39, 0.29) is 36.0 Å². The standard InChI is InChI=1S/C21H23FN2O2/c1-13-5-4-6-14(2)20(13)23-19(25)12-24(3)21(26)18-11-17(18)15-7-9-16(22)10-8-15/h4-10,17-18H,11-12H2,1-3H3,(H,23,25)/t17-,18+/m0/s1. The van der Waals surface area contributed by atoms with Crippen LogP contribution < -0.4 is 5.32 Å². The zero-order valence-electron chi connectivity index (χ0n) is 15.3. The van der Waals surface area contributed by atoms with Crippen LogP contribution in [0.2, 0.25) is 0 Å². The van der Waals surface area contributed by atoms with Gasteiger partial charge in [0.2, 0.25) is 11.8 Å². The number of carbonyl (C=O) groups is 2. The second kappa shape index (κ2) is 7.28. The Hall–Kier alpha value is -2.69. The lowest BCUT2D eigenvalue weighted by Gasteiger charge is -2.18. The van der Waals surface area contributed by atoms with Gasteiger partial charge in [-0.05, 0) is 55.0 Å². The fourth-order valence-electron chi connectivity index (χ4n) is 3.31. The highest BCUT2D eigenvalue weighted by Crippen LogP contribution is 2.48. The third-order valence-electron chi connectivity index (χ3n) is 4.91. The van der Waals surface area contributed by atoms with E-state index in [1.165, 1.54) is 17.0 Å². The first-order chi connectivity index (χ1) is 12.4. The van der Waals surface area contributed by atoms with Gasteiger partial charge >= 0.3 is 0 Å². The fraction of sp³-hybridized carbons (Fsp3) is 0.333. The number of anilines is 1. The SMILES string of the molecule is Cc1cccc(C)c1NC(=O)CN(C)C(=O)[C@@H]1C[C@H]1c1ccc(F)cc1. The number of rotatable bonds is 5. The number of likely N-dealkylation sites (N-methyl/N-ethyl adjacent to an activating group) is 1. The van der Waals surface area contributed by atoms with Crippen molar-refractivity contribution < 1.29 is 14.0 Å². The van der Waals surface area contributed by atoms with E-state index in [9.17, 15) is 14.0 Å². The third kappa shape index (κ3) is 3.93. The molecular formula is C21H23FN2O2. The first-order valence-corrected chi connectivity index (χ1v) is 8.73. The van der Waals surface area contributed by atoms with Gasteiger partial charge in [0.15, 0.2) is 0 Å². The summed E-state index contributed by atoms with van der Waals surface area (Å²) in [6.07, 6.45) is 0.743. The highest BCUT2D eigenvalue weighted by Gasteiger charge is 2.45. The summed E-state index contributed by atoms with van der Waals surface area (Å²) in [4.78, 5) is 26.3. The van der Waals surface area contributed by atoms with E-state index in [2.05, 4.69) is 5.32 Å². The molecule has 0 heterocycles. The maximum atomic E-state index is 13.0. The zero-order valence-corrected chi connectivity index (χ0v) is 15.3. The van der Waals surface area contributed by atoms with Crippen LogP contribution >= 0.6 is 0 Å². The first-order valence-electron chi connectivity index (χ1n) is 8.73. The van der Waals surface area contributed by atoms with Crippen molar-refractivity contribution in [3.63, 3.8) is 0 Å². The highest BCUT2D eigenvalue weighted by atomic mass is 19.1. The van der Waals surface area contributed by atoms with E-state index in [0.717, 1.165) is 28.8 Å². The van der Waals surface area contributed by atoms with E-state index in [4.69, 9.17) is 0 Å². The minimum absolute atomic E-state index is 0.0131. The van der Waals surface area contributed by atoms with E-state index in [1.807, 2.05) is 32.0 Å². The van der Waals surface area contributed by atoms with E-state index >= 15 is 0 Å². The zero-order chi connectivity index (χ0) is 18.8. The number of para-hydroxylation sites is 1. The molecule has 0 aliphatic heterocycles. The molecule has 1 fully saturated rings. The van der Waals surface area contributed by atoms with E-state index in [1.54, 1.807) is 19.2 Å². The maximum Gasteiger partial charge on any atom is 0.243 e. The fourth-order valence-corrected chi connectivity index (χ4v) is 3.31. The van der Waals surface area contributed by atoms with Crippen molar-refractivity contribution in [2.24, 2.45) is 5.92 Å². The summed E-state index contributed by atoms with van der Waals surface area (Å²) in [5.41, 5.74) is 3.75. The van der Waals surface area contributed by atoms with Crippen LogP contribution in [0.25, 0.3) is 0 Å². The molecule has 26 heavy (non-hydrogen) atoms. The van der Waals surface area contributed by atoms with Gasteiger partial charge in [-0.1, -0.05) is 30.3 Å². The molecule has 2 aromatic carbocycles. The van der Waals surface area contributed by atoms with Crippen LogP contribution in [0.4, 0.5) is 10.1 Å². The number of carbonyl (C=O) groups excluding carboxylic acids is 2. The molecule has 0 spiro atoms. The largest absolute Gasteiger partial charge is 0.336 e. The van der Waals surface area contributed by atoms with Crippen LogP contribution in [0, 0.1) is 25.6 Å². The molecular weight excluding hydrogens is 331 g/mol. The molecule has 136 valence electrons. The second-order valence-electron chi connectivity index (χ2n) is 7.01. The summed E-state index contributed by atoms with van der Waals surface area (Å²) in [7, 11) is 1.65. The molecule has 1 aliphatic carbocycles. The Labute approximate surface area is 153 Å². The van der Waals surface area contributed by atoms with Gasteiger partial charge in [-0.3, -0.25) is 9.59 Å². The Morgan fingerprint density at radius 2 is 1.73 bits per heavy atom. The number of benzene rings is 2. The Balaban J connectivity index is 1.56. The van der Waals surface area contributed by atoms with Crippen LogP contribution in [-0.2, 0) is 9.59 Å². The van der Waals surface area contributed by atoms with Crippen molar-refractivity contribution in [1.82, 2.24) is 4.90 Å². The molecule has 1 aliphatic rings. The predicted molar refractivity (Wildman–Crippen MR) is 99.4 cm³/mol. The number of amides is 2. The van der Waals surface area contributed by atoms with Gasteiger partial charge in [0.25, 0.3) is 0 Å². The molecule has 1 N–H and O–H groups in total. The van der Waals surface area contributed by atoms with Crippen molar-refractivity contribution >= 4 is 17.5 Å². The molecule has 2 atom stereocenters. The smallest absolute Gasteiger partial charge is 0.243 e. The molecule has 2 aromatic rings. The number of aryl methyl sites for hydroxylation is 2. The Morgan fingerprint density at radius 1 is 1.12 bits per heavy atom. The van der Waals surface area contributed by atoms with Crippen molar-refractivity contribution in [3.05, 3.63) is 65.0 Å². The predicted octanol–water partition coefficient (Wildman–Crippen LogP) is 3.64. The summed E-state index contributed by atoms with van der Waals surface area (Å²) < 4.78 is 13.0. The number of hydrogen-bond acceptors (Lipinski definition) is 2. The third-order valence-corrected chi connectivity index (χ3v) is 4.91. The van der Waals surface area contributed by atoms with Gasteiger partial charge < -0.3 is 10.2 Å². The molecule has 5 heteroatoms. The summed E-state index contributed by atoms with van der Waals surface area (Å²) in [5, 5.41) is 2.90. The Morgan fingerprint density at radius 3 is 2.35 bits per heavy atom. The molecule has 0 bridgehead atoms. The number of hydrogen-bond donors (Lipinski definition) is 1. The van der Waals surface area contributed by atoms with Gasteiger partial charge in [-0.2, -0.15) is 0 Å². The molecule has 3 rings (SSSR count). The lowest BCUT2D eigenvalue weighted by atomic mass is 10.1. The Kier molecular flexibility index (Phi) is 5.07. The molecule has 0 aromatic heterocycles. The summed E-state index contributed by atoms with van der Waals surface area (Å²) in [6.45, 7) is 3.89. The van der Waals surface area contributed by atoms with Crippen LogP contribution in [0.1, 0.15) is 29.0 Å². The molecule has 0 saturated heterocycles. The number of halogens is 1. The van der Waals surface area contributed by atoms with Crippen LogP contribution in [0.3, 0.4) is 0 Å². The quantitative estimate of drug-likeness (QED) is 0.891. The second-order valence-corrected chi connectivity index (χ2v) is 7.01. The minimum atomic E-state index is -0.280. The Bertz CT molecular complexity index is 812. The maximum absolute atomic E-state index is 13.0. The molecule has 4 nitrogen and oxygen atoms in total. The average Bonchev–Trinajstić information content (AvgIpc) is 3.39.